The fraction of sp³-hybridized carbons (Fsp3) is 0.500. The van der Waals surface area contributed by atoms with Gasteiger partial charge in [0, 0.05) is 32.1 Å². The second-order valence-electron chi connectivity index (χ2n) is 5.97. The number of para-hydroxylation sites is 1. The molecule has 118 valence electrons. The molecule has 0 aliphatic carbocycles. The van der Waals surface area contributed by atoms with Gasteiger partial charge in [0.15, 0.2) is 0 Å². The summed E-state index contributed by atoms with van der Waals surface area (Å²) in [5, 5.41) is 4.42. The topological polar surface area (TPSA) is 45.2 Å². The third kappa shape index (κ3) is 2.85. The summed E-state index contributed by atoms with van der Waals surface area (Å²) < 4.78 is 1.27. The third-order valence-corrected chi connectivity index (χ3v) is 5.80. The normalized spacial score (nSPS) is 19.7. The smallest absolute Gasteiger partial charge is 0.228 e. The van der Waals surface area contributed by atoms with Crippen LogP contribution >= 0.6 is 23.7 Å². The number of amides is 1. The number of aromatic nitrogens is 1. The Kier molecular flexibility index (Phi) is 4.66. The van der Waals surface area contributed by atoms with Crippen LogP contribution < -0.4 is 5.32 Å². The molecule has 2 fully saturated rings. The van der Waals surface area contributed by atoms with Crippen LogP contribution in [-0.4, -0.2) is 42.0 Å². The minimum Gasteiger partial charge on any atom is -0.342 e. The van der Waals surface area contributed by atoms with Crippen molar-refractivity contribution >= 4 is 39.9 Å². The van der Waals surface area contributed by atoms with Gasteiger partial charge in [0.25, 0.3) is 0 Å². The summed E-state index contributed by atoms with van der Waals surface area (Å²) in [6.07, 6.45) is 2.09. The second-order valence-corrected chi connectivity index (χ2v) is 7.04. The summed E-state index contributed by atoms with van der Waals surface area (Å²) in [5.74, 6) is 1.09. The van der Waals surface area contributed by atoms with Crippen LogP contribution in [0.5, 0.6) is 0 Å². The predicted molar refractivity (Wildman–Crippen MR) is 91.8 cm³/mol. The largest absolute Gasteiger partial charge is 0.342 e. The first kappa shape index (κ1) is 15.7. The van der Waals surface area contributed by atoms with Crippen molar-refractivity contribution in [2.24, 2.45) is 5.92 Å². The van der Waals surface area contributed by atoms with Gasteiger partial charge >= 0.3 is 0 Å². The molecule has 4 nitrogen and oxygen atoms in total. The van der Waals surface area contributed by atoms with Gasteiger partial charge in [-0.25, -0.2) is 4.98 Å². The molecule has 0 saturated carbocycles. The molecule has 0 radical (unpaired) electrons. The number of nitrogens with zero attached hydrogens (tertiary/aromatic N) is 2. The molecule has 2 aromatic rings. The van der Waals surface area contributed by atoms with Gasteiger partial charge in [0.1, 0.15) is 0 Å². The van der Waals surface area contributed by atoms with Crippen molar-refractivity contribution < 1.29 is 4.79 Å². The first-order valence-electron chi connectivity index (χ1n) is 7.66. The number of carbonyl (C=O) groups is 1. The predicted octanol–water partition coefficient (Wildman–Crippen LogP) is 2.64. The maximum absolute atomic E-state index is 12.2. The molecule has 0 unspecified atom stereocenters. The summed E-state index contributed by atoms with van der Waals surface area (Å²) in [4.78, 5) is 19.1. The van der Waals surface area contributed by atoms with Crippen LogP contribution in [0.2, 0.25) is 0 Å². The summed E-state index contributed by atoms with van der Waals surface area (Å²) in [6, 6.07) is 8.33. The number of benzene rings is 1. The molecule has 2 aliphatic rings. The average molecular weight is 338 g/mol. The number of hydrogen-bond acceptors (Lipinski definition) is 4. The van der Waals surface area contributed by atoms with Crippen molar-refractivity contribution in [2.75, 3.05) is 26.2 Å². The minimum atomic E-state index is 0. The number of halogens is 1. The van der Waals surface area contributed by atoms with Crippen LogP contribution in [-0.2, 0) is 4.79 Å². The van der Waals surface area contributed by atoms with Gasteiger partial charge in [0.05, 0.1) is 21.1 Å². The molecule has 2 saturated heterocycles. The van der Waals surface area contributed by atoms with E-state index in [0.29, 0.717) is 11.8 Å². The van der Waals surface area contributed by atoms with Crippen LogP contribution in [0.3, 0.4) is 0 Å². The Bertz CT molecular complexity index is 629. The second kappa shape index (κ2) is 6.52. The molecule has 0 bridgehead atoms. The first-order chi connectivity index (χ1) is 10.3. The first-order valence-corrected chi connectivity index (χ1v) is 8.48. The quantitative estimate of drug-likeness (QED) is 0.916. The van der Waals surface area contributed by atoms with Gasteiger partial charge in [-0.15, -0.1) is 23.7 Å². The minimum absolute atomic E-state index is 0. The molecule has 22 heavy (non-hydrogen) atoms. The summed E-state index contributed by atoms with van der Waals surface area (Å²) in [6.45, 7) is 3.49. The number of likely N-dealkylation sites (tertiary alicyclic amines) is 1. The van der Waals surface area contributed by atoms with Crippen molar-refractivity contribution in [3.63, 3.8) is 0 Å². The van der Waals surface area contributed by atoms with Gasteiger partial charge in [-0.2, -0.15) is 0 Å². The van der Waals surface area contributed by atoms with Crippen molar-refractivity contribution in [1.82, 2.24) is 15.2 Å². The average Bonchev–Trinajstić information content (AvgIpc) is 2.89. The Morgan fingerprint density at radius 2 is 1.95 bits per heavy atom. The zero-order valence-corrected chi connectivity index (χ0v) is 14.0. The lowest BCUT2D eigenvalue weighted by atomic mass is 9.95. The summed E-state index contributed by atoms with van der Waals surface area (Å²) in [7, 11) is 0. The zero-order chi connectivity index (χ0) is 14.2. The van der Waals surface area contributed by atoms with Crippen LogP contribution in [0.4, 0.5) is 0 Å². The summed E-state index contributed by atoms with van der Waals surface area (Å²) in [5.41, 5.74) is 1.11. The number of piperidine rings is 1. The molecule has 1 amide bonds. The standard InChI is InChI=1S/C16H19N3OS.ClH/c20-16(12-9-17-10-12)19-7-5-11(6-8-19)15-18-13-3-1-2-4-14(13)21-15;/h1-4,11-12,17H,5-10H2;1H. The van der Waals surface area contributed by atoms with Crippen molar-refractivity contribution in [1.29, 1.82) is 0 Å². The molecule has 1 aromatic carbocycles. The number of carbonyl (C=O) groups excluding carboxylic acids is 1. The van der Waals surface area contributed by atoms with Crippen molar-refractivity contribution in [3.05, 3.63) is 29.3 Å². The lowest BCUT2D eigenvalue weighted by Gasteiger charge is -2.36. The molecule has 1 N–H and O–H groups in total. The highest BCUT2D eigenvalue weighted by atomic mass is 35.5. The molecule has 4 rings (SSSR count). The van der Waals surface area contributed by atoms with Gasteiger partial charge < -0.3 is 10.2 Å². The van der Waals surface area contributed by atoms with E-state index in [0.717, 1.165) is 44.5 Å². The Balaban J connectivity index is 0.00000144. The lowest BCUT2D eigenvalue weighted by Crippen LogP contribution is -2.53. The monoisotopic (exact) mass is 337 g/mol. The molecular weight excluding hydrogens is 318 g/mol. The Morgan fingerprint density at radius 1 is 1.23 bits per heavy atom. The molecule has 2 aliphatic heterocycles. The fourth-order valence-electron chi connectivity index (χ4n) is 3.13. The van der Waals surface area contributed by atoms with E-state index in [4.69, 9.17) is 4.98 Å². The molecule has 6 heteroatoms. The van der Waals surface area contributed by atoms with Crippen molar-refractivity contribution in [2.45, 2.75) is 18.8 Å². The zero-order valence-electron chi connectivity index (χ0n) is 12.3. The van der Waals surface area contributed by atoms with E-state index in [1.165, 1.54) is 9.71 Å². The van der Waals surface area contributed by atoms with Crippen LogP contribution in [0.1, 0.15) is 23.8 Å². The molecule has 3 heterocycles. The van der Waals surface area contributed by atoms with Crippen molar-refractivity contribution in [3.8, 4) is 0 Å². The van der Waals surface area contributed by atoms with E-state index in [9.17, 15) is 4.79 Å². The van der Waals surface area contributed by atoms with Gasteiger partial charge in [-0.1, -0.05) is 12.1 Å². The number of nitrogens with one attached hydrogen (secondary N) is 1. The van der Waals surface area contributed by atoms with E-state index >= 15 is 0 Å². The van der Waals surface area contributed by atoms with Crippen LogP contribution in [0, 0.1) is 5.92 Å². The molecule has 0 atom stereocenters. The lowest BCUT2D eigenvalue weighted by molar-refractivity contribution is -0.138. The van der Waals surface area contributed by atoms with E-state index in [-0.39, 0.29) is 18.3 Å². The van der Waals surface area contributed by atoms with E-state index in [1.807, 2.05) is 17.4 Å². The van der Waals surface area contributed by atoms with Gasteiger partial charge in [0.2, 0.25) is 5.91 Å². The number of fused-ring (bicyclic) bond motifs is 1. The molecule has 1 aromatic heterocycles. The van der Waals surface area contributed by atoms with Gasteiger partial charge in [-0.3, -0.25) is 4.79 Å². The fourth-order valence-corrected chi connectivity index (χ4v) is 4.27. The number of hydrogen-bond donors (Lipinski definition) is 1. The summed E-state index contributed by atoms with van der Waals surface area (Å²) >= 11 is 1.81. The van der Waals surface area contributed by atoms with E-state index in [1.54, 1.807) is 0 Å². The highest BCUT2D eigenvalue weighted by Gasteiger charge is 2.32. The number of thiazole rings is 1. The van der Waals surface area contributed by atoms with Crippen LogP contribution in [0.25, 0.3) is 10.2 Å². The van der Waals surface area contributed by atoms with Gasteiger partial charge in [-0.05, 0) is 25.0 Å². The number of rotatable bonds is 2. The maximum atomic E-state index is 12.2. The Morgan fingerprint density at radius 3 is 2.59 bits per heavy atom. The Hall–Kier alpha value is -1.17. The molecular formula is C16H20ClN3OS. The molecule has 0 spiro atoms. The SMILES string of the molecule is Cl.O=C(C1CNC1)N1CCC(c2nc3ccccc3s2)CC1. The van der Waals surface area contributed by atoms with Crippen LogP contribution in [0.15, 0.2) is 24.3 Å². The highest BCUT2D eigenvalue weighted by molar-refractivity contribution is 7.18. The highest BCUT2D eigenvalue weighted by Crippen LogP contribution is 2.34. The van der Waals surface area contributed by atoms with E-state index in [2.05, 4.69) is 28.4 Å². The maximum Gasteiger partial charge on any atom is 0.228 e. The van der Waals surface area contributed by atoms with E-state index < -0.39 is 0 Å². The third-order valence-electron chi connectivity index (χ3n) is 4.60. The Labute approximate surface area is 140 Å².